The van der Waals surface area contributed by atoms with Crippen LogP contribution in [0.2, 0.25) is 0 Å². The van der Waals surface area contributed by atoms with Gasteiger partial charge in [0.05, 0.1) is 29.3 Å². The SMILES string of the molecule is COc1ccc(C2C(C(=O)c3sc(-c4ccccc4)nc3C)=C(O)C(=O)N2c2cccc(OC(F)(F)F)c2)cc1. The number of nitrogens with zero attached hydrogens (tertiary/aromatic N) is 2. The number of hydrogen-bond donors (Lipinski definition) is 1. The van der Waals surface area contributed by atoms with Crippen LogP contribution in [0, 0.1) is 6.92 Å². The predicted molar refractivity (Wildman–Crippen MR) is 143 cm³/mol. The Morgan fingerprint density at radius 3 is 2.35 bits per heavy atom. The molecule has 0 bridgehead atoms. The Morgan fingerprint density at radius 1 is 1.00 bits per heavy atom. The lowest BCUT2D eigenvalue weighted by molar-refractivity contribution is -0.274. The Balaban J connectivity index is 1.61. The van der Waals surface area contributed by atoms with E-state index in [4.69, 9.17) is 4.74 Å². The van der Waals surface area contributed by atoms with E-state index < -0.39 is 35.6 Å². The lowest BCUT2D eigenvalue weighted by Gasteiger charge is -2.27. The maximum Gasteiger partial charge on any atom is 0.573 e. The average molecular weight is 567 g/mol. The third-order valence-electron chi connectivity index (χ3n) is 6.24. The molecule has 1 atom stereocenters. The van der Waals surface area contributed by atoms with Crippen LogP contribution in [0.1, 0.15) is 27.0 Å². The largest absolute Gasteiger partial charge is 0.573 e. The first kappa shape index (κ1) is 26.9. The van der Waals surface area contributed by atoms with Crippen molar-refractivity contribution in [3.63, 3.8) is 0 Å². The van der Waals surface area contributed by atoms with Gasteiger partial charge in [-0.05, 0) is 36.8 Å². The second kappa shape index (κ2) is 10.5. The van der Waals surface area contributed by atoms with Crippen molar-refractivity contribution in [2.45, 2.75) is 19.3 Å². The molecular formula is C29H21F3N2O5S. The number of aliphatic hydroxyl groups is 1. The monoisotopic (exact) mass is 566 g/mol. The number of aryl methyl sites for hydroxylation is 1. The third kappa shape index (κ3) is 5.15. The van der Waals surface area contributed by atoms with Crippen LogP contribution in [0.25, 0.3) is 10.6 Å². The molecule has 4 aromatic rings. The highest BCUT2D eigenvalue weighted by Gasteiger charge is 2.45. The van der Waals surface area contributed by atoms with Crippen LogP contribution in [-0.2, 0) is 4.79 Å². The second-order valence-corrected chi connectivity index (χ2v) is 9.79. The molecule has 40 heavy (non-hydrogen) atoms. The van der Waals surface area contributed by atoms with Gasteiger partial charge in [-0.25, -0.2) is 4.98 Å². The van der Waals surface area contributed by atoms with Crippen molar-refractivity contribution in [1.82, 2.24) is 4.98 Å². The summed E-state index contributed by atoms with van der Waals surface area (Å²) in [5, 5.41) is 11.6. The van der Waals surface area contributed by atoms with Crippen LogP contribution < -0.4 is 14.4 Å². The predicted octanol–water partition coefficient (Wildman–Crippen LogP) is 6.81. The normalized spacial score (nSPS) is 15.5. The molecule has 1 amide bonds. The molecule has 1 aromatic heterocycles. The Labute approximate surface area is 230 Å². The summed E-state index contributed by atoms with van der Waals surface area (Å²) in [4.78, 5) is 33.2. The number of thiazole rings is 1. The van der Waals surface area contributed by atoms with Crippen molar-refractivity contribution in [2.24, 2.45) is 0 Å². The topological polar surface area (TPSA) is 89.0 Å². The highest BCUT2D eigenvalue weighted by Crippen LogP contribution is 2.44. The number of rotatable bonds is 7. The van der Waals surface area contributed by atoms with E-state index in [0.29, 0.717) is 22.0 Å². The maximum atomic E-state index is 14.0. The van der Waals surface area contributed by atoms with Gasteiger partial charge in [-0.1, -0.05) is 48.5 Å². The van der Waals surface area contributed by atoms with Crippen LogP contribution in [0.5, 0.6) is 11.5 Å². The molecule has 0 aliphatic carbocycles. The number of aromatic nitrogens is 1. The van der Waals surface area contributed by atoms with E-state index in [-0.39, 0.29) is 16.1 Å². The van der Waals surface area contributed by atoms with Crippen LogP contribution in [-0.4, -0.2) is 35.3 Å². The molecule has 0 saturated carbocycles. The quantitative estimate of drug-likeness (QED) is 0.247. The number of amides is 1. The van der Waals surface area contributed by atoms with Crippen LogP contribution >= 0.6 is 11.3 Å². The van der Waals surface area contributed by atoms with Crippen LogP contribution in [0.15, 0.2) is 90.2 Å². The Hall–Kier alpha value is -4.64. The van der Waals surface area contributed by atoms with E-state index in [2.05, 4.69) is 9.72 Å². The van der Waals surface area contributed by atoms with Gasteiger partial charge in [0, 0.05) is 17.3 Å². The number of methoxy groups -OCH3 is 1. The summed E-state index contributed by atoms with van der Waals surface area (Å²) in [5.74, 6) is -2.42. The van der Waals surface area contributed by atoms with Crippen molar-refractivity contribution in [3.05, 3.63) is 106 Å². The first-order valence-electron chi connectivity index (χ1n) is 11.9. The summed E-state index contributed by atoms with van der Waals surface area (Å²) in [6.07, 6.45) is -4.95. The minimum absolute atomic E-state index is 0.00656. The van der Waals surface area contributed by atoms with Crippen LogP contribution in [0.4, 0.5) is 18.9 Å². The fourth-order valence-electron chi connectivity index (χ4n) is 4.47. The molecule has 1 N–H and O–H groups in total. The number of ether oxygens (including phenoxy) is 2. The van der Waals surface area contributed by atoms with E-state index >= 15 is 0 Å². The standard InChI is InChI=1S/C29H21F3N2O5S/c1-16-26(40-27(33-16)18-7-4-3-5-8-18)24(35)22-23(17-11-13-20(38-2)14-12-17)34(28(37)25(22)36)19-9-6-10-21(15-19)39-29(30,31)32/h3-15,23,36H,1-2H3. The van der Waals surface area contributed by atoms with E-state index in [1.165, 1.54) is 19.2 Å². The number of carbonyl (C=O) groups excluding carboxylic acids is 2. The van der Waals surface area contributed by atoms with Gasteiger partial charge in [0.15, 0.2) is 5.76 Å². The second-order valence-electron chi connectivity index (χ2n) is 8.79. The summed E-state index contributed by atoms with van der Waals surface area (Å²) >= 11 is 1.12. The number of halogens is 3. The van der Waals surface area contributed by atoms with Gasteiger partial charge in [0.25, 0.3) is 5.91 Å². The van der Waals surface area contributed by atoms with Gasteiger partial charge >= 0.3 is 6.36 Å². The number of Topliss-reactive ketones (excluding diaryl/α,β-unsaturated/α-hetero) is 1. The molecular weight excluding hydrogens is 545 g/mol. The molecule has 3 aromatic carbocycles. The Bertz CT molecular complexity index is 1610. The molecule has 0 saturated heterocycles. The minimum atomic E-state index is -4.95. The number of ketones is 1. The summed E-state index contributed by atoms with van der Waals surface area (Å²) in [7, 11) is 1.48. The van der Waals surface area contributed by atoms with Crippen LogP contribution in [0.3, 0.4) is 0 Å². The fraction of sp³-hybridized carbons (Fsp3) is 0.138. The average Bonchev–Trinajstić information content (AvgIpc) is 3.45. The molecule has 2 heterocycles. The summed E-state index contributed by atoms with van der Waals surface area (Å²) in [6.45, 7) is 1.66. The highest BCUT2D eigenvalue weighted by molar-refractivity contribution is 7.17. The molecule has 1 unspecified atom stereocenters. The summed E-state index contributed by atoms with van der Waals surface area (Å²) in [6, 6.07) is 19.3. The summed E-state index contributed by atoms with van der Waals surface area (Å²) < 4.78 is 48.0. The van der Waals surface area contributed by atoms with E-state index in [0.717, 1.165) is 33.9 Å². The van der Waals surface area contributed by atoms with Crippen molar-refractivity contribution in [2.75, 3.05) is 12.0 Å². The van der Waals surface area contributed by atoms with Crippen molar-refractivity contribution in [1.29, 1.82) is 0 Å². The fourth-order valence-corrected chi connectivity index (χ4v) is 5.50. The molecule has 0 spiro atoms. The van der Waals surface area contributed by atoms with Gasteiger partial charge < -0.3 is 14.6 Å². The maximum absolute atomic E-state index is 14.0. The number of benzene rings is 3. The van der Waals surface area contributed by atoms with Gasteiger partial charge in [-0.2, -0.15) is 0 Å². The zero-order chi connectivity index (χ0) is 28.6. The highest BCUT2D eigenvalue weighted by atomic mass is 32.1. The first-order valence-corrected chi connectivity index (χ1v) is 12.7. The molecule has 204 valence electrons. The van der Waals surface area contributed by atoms with Crippen molar-refractivity contribution < 1.29 is 37.3 Å². The summed E-state index contributed by atoms with van der Waals surface area (Å²) in [5.41, 5.74) is 1.41. The molecule has 0 fully saturated rings. The number of alkyl halides is 3. The molecule has 5 rings (SSSR count). The van der Waals surface area contributed by atoms with Gasteiger partial charge in [0.1, 0.15) is 16.5 Å². The van der Waals surface area contributed by atoms with Crippen molar-refractivity contribution in [3.8, 4) is 22.1 Å². The number of aliphatic hydroxyl groups excluding tert-OH is 1. The van der Waals surface area contributed by atoms with Gasteiger partial charge in [0.2, 0.25) is 5.78 Å². The zero-order valence-electron chi connectivity index (χ0n) is 21.1. The number of hydrogen-bond acceptors (Lipinski definition) is 7. The lowest BCUT2D eigenvalue weighted by Crippen LogP contribution is -2.31. The molecule has 7 nitrogen and oxygen atoms in total. The Kier molecular flexibility index (Phi) is 7.07. The molecule has 0 radical (unpaired) electrons. The van der Waals surface area contributed by atoms with E-state index in [1.807, 2.05) is 30.3 Å². The Morgan fingerprint density at radius 2 is 1.70 bits per heavy atom. The van der Waals surface area contributed by atoms with E-state index in [1.54, 1.807) is 31.2 Å². The third-order valence-corrected chi connectivity index (χ3v) is 7.44. The van der Waals surface area contributed by atoms with Gasteiger partial charge in [-0.15, -0.1) is 24.5 Å². The molecule has 1 aliphatic rings. The lowest BCUT2D eigenvalue weighted by atomic mass is 9.94. The van der Waals surface area contributed by atoms with Gasteiger partial charge in [-0.3, -0.25) is 14.5 Å². The number of anilines is 1. The minimum Gasteiger partial charge on any atom is -0.503 e. The zero-order valence-corrected chi connectivity index (χ0v) is 21.9. The molecule has 1 aliphatic heterocycles. The smallest absolute Gasteiger partial charge is 0.503 e. The van der Waals surface area contributed by atoms with E-state index in [9.17, 15) is 27.9 Å². The van der Waals surface area contributed by atoms with Crippen molar-refractivity contribution >= 4 is 28.7 Å². The first-order chi connectivity index (χ1) is 19.1. The molecule has 11 heteroatoms. The number of carbonyl (C=O) groups is 2.